The summed E-state index contributed by atoms with van der Waals surface area (Å²) in [5.74, 6) is -0.856. The maximum Gasteiger partial charge on any atom is 0.306 e. The van der Waals surface area contributed by atoms with Crippen molar-refractivity contribution < 1.29 is 28.6 Å². The Morgan fingerprint density at radius 2 is 0.506 bits per heavy atom. The van der Waals surface area contributed by atoms with Crippen molar-refractivity contribution in [3.63, 3.8) is 0 Å². The zero-order chi connectivity index (χ0) is 55.7. The van der Waals surface area contributed by atoms with Gasteiger partial charge in [0.05, 0.1) is 0 Å². The first-order valence-corrected chi connectivity index (χ1v) is 33.8. The molecule has 0 radical (unpaired) electrons. The lowest BCUT2D eigenvalue weighted by molar-refractivity contribution is -0.167. The molecule has 77 heavy (non-hydrogen) atoms. The Labute approximate surface area is 479 Å². The molecule has 0 aliphatic carbocycles. The van der Waals surface area contributed by atoms with Gasteiger partial charge in [0.1, 0.15) is 13.2 Å². The van der Waals surface area contributed by atoms with Crippen molar-refractivity contribution in [1.29, 1.82) is 0 Å². The summed E-state index contributed by atoms with van der Waals surface area (Å²) in [6.45, 7) is 6.57. The topological polar surface area (TPSA) is 78.9 Å². The van der Waals surface area contributed by atoms with Crippen molar-refractivity contribution >= 4 is 17.9 Å². The Kier molecular flexibility index (Phi) is 63.2. The van der Waals surface area contributed by atoms with E-state index in [1.807, 2.05) is 0 Å². The zero-order valence-electron chi connectivity index (χ0n) is 51.5. The number of rotatable bonds is 62. The second-order valence-electron chi connectivity index (χ2n) is 22.7. The summed E-state index contributed by atoms with van der Waals surface area (Å²) in [7, 11) is 0. The SMILES string of the molecule is CC/C=C\C/C=C\C/C=C\C/C=C\CCCCCCCCCCCCC(=O)OC(COC(=O)CCCCCCCCCCCCC)COC(=O)CCCCCCCCCCCCCCC/C=C\CCCCCCCCCC. The van der Waals surface area contributed by atoms with Crippen molar-refractivity contribution in [1.82, 2.24) is 0 Å². The van der Waals surface area contributed by atoms with Crippen molar-refractivity contribution in [3.05, 3.63) is 60.8 Å². The van der Waals surface area contributed by atoms with E-state index >= 15 is 0 Å². The van der Waals surface area contributed by atoms with Gasteiger partial charge in [-0.25, -0.2) is 0 Å². The highest BCUT2D eigenvalue weighted by molar-refractivity contribution is 5.71. The van der Waals surface area contributed by atoms with E-state index in [4.69, 9.17) is 14.2 Å². The number of hydrogen-bond acceptors (Lipinski definition) is 6. The van der Waals surface area contributed by atoms with Crippen LogP contribution in [0, 0.1) is 0 Å². The van der Waals surface area contributed by atoms with Gasteiger partial charge >= 0.3 is 17.9 Å². The highest BCUT2D eigenvalue weighted by atomic mass is 16.6. The minimum Gasteiger partial charge on any atom is -0.462 e. The number of carbonyl (C=O) groups excluding carboxylic acids is 3. The summed E-state index contributed by atoms with van der Waals surface area (Å²) in [6.07, 6.45) is 83.8. The highest BCUT2D eigenvalue weighted by Gasteiger charge is 2.19. The van der Waals surface area contributed by atoms with E-state index in [1.165, 1.54) is 231 Å². The first kappa shape index (κ1) is 74.1. The van der Waals surface area contributed by atoms with Gasteiger partial charge in [0, 0.05) is 19.3 Å². The van der Waals surface area contributed by atoms with Gasteiger partial charge in [-0.1, -0.05) is 313 Å². The lowest BCUT2D eigenvalue weighted by atomic mass is 10.0. The molecule has 0 N–H and O–H groups in total. The van der Waals surface area contributed by atoms with E-state index in [0.717, 1.165) is 83.5 Å². The fourth-order valence-electron chi connectivity index (χ4n) is 9.96. The molecule has 0 saturated heterocycles. The number of carbonyl (C=O) groups is 3. The molecule has 0 aromatic rings. The number of esters is 3. The maximum atomic E-state index is 12.9. The molecule has 1 atom stereocenters. The summed E-state index contributed by atoms with van der Waals surface area (Å²) >= 11 is 0. The summed E-state index contributed by atoms with van der Waals surface area (Å²) in [6, 6.07) is 0. The van der Waals surface area contributed by atoms with Crippen LogP contribution >= 0.6 is 0 Å². The third-order valence-electron chi connectivity index (χ3n) is 15.0. The monoisotopic (exact) mass is 1080 g/mol. The number of ether oxygens (including phenoxy) is 3. The fraction of sp³-hybridized carbons (Fsp3) is 0.817. The Hall–Kier alpha value is -2.89. The normalized spacial score (nSPS) is 12.4. The van der Waals surface area contributed by atoms with Gasteiger partial charge in [-0.15, -0.1) is 0 Å². The predicted molar refractivity (Wildman–Crippen MR) is 335 cm³/mol. The summed E-state index contributed by atoms with van der Waals surface area (Å²) < 4.78 is 16.9. The van der Waals surface area contributed by atoms with Crippen molar-refractivity contribution in [3.8, 4) is 0 Å². The Morgan fingerprint density at radius 1 is 0.273 bits per heavy atom. The molecule has 448 valence electrons. The van der Waals surface area contributed by atoms with Gasteiger partial charge in [0.2, 0.25) is 0 Å². The second-order valence-corrected chi connectivity index (χ2v) is 22.7. The van der Waals surface area contributed by atoms with Gasteiger partial charge in [-0.3, -0.25) is 14.4 Å². The molecule has 1 unspecified atom stereocenters. The number of hydrogen-bond donors (Lipinski definition) is 0. The largest absolute Gasteiger partial charge is 0.462 e. The van der Waals surface area contributed by atoms with Crippen LogP contribution in [0.5, 0.6) is 0 Å². The van der Waals surface area contributed by atoms with Crippen LogP contribution in [-0.2, 0) is 28.6 Å². The van der Waals surface area contributed by atoms with Gasteiger partial charge in [-0.05, 0) is 83.5 Å². The summed E-state index contributed by atoms with van der Waals surface area (Å²) in [5, 5.41) is 0. The average molecular weight is 1080 g/mol. The smallest absolute Gasteiger partial charge is 0.306 e. The molecule has 0 heterocycles. The van der Waals surface area contributed by atoms with Crippen molar-refractivity contribution in [2.45, 2.75) is 361 Å². The average Bonchev–Trinajstić information content (AvgIpc) is 3.43. The number of unbranched alkanes of at least 4 members (excludes halogenated alkanes) is 41. The van der Waals surface area contributed by atoms with E-state index in [-0.39, 0.29) is 31.1 Å². The standard InChI is InChI=1S/C71H128O6/c1-4-7-10-13-16-19-22-24-26-28-30-32-34-35-37-38-40-42-44-46-49-52-55-58-61-64-70(73)76-67-68(66-75-69(72)63-60-57-54-51-48-21-18-15-12-9-6-3)77-71(74)65-62-59-56-53-50-47-45-43-41-39-36-33-31-29-27-25-23-20-17-14-11-8-5-2/h8,11,17,20,25,27-28,30-31,33,68H,4-7,9-10,12-16,18-19,21-24,26,29,32,34-67H2,1-3H3/b11-8-,20-17-,27-25-,30-28-,33-31-. The molecule has 0 amide bonds. The second kappa shape index (κ2) is 65.6. The summed E-state index contributed by atoms with van der Waals surface area (Å²) in [4.78, 5) is 38.3. The lowest BCUT2D eigenvalue weighted by Crippen LogP contribution is -2.30. The van der Waals surface area contributed by atoms with Crippen LogP contribution in [0.4, 0.5) is 0 Å². The van der Waals surface area contributed by atoms with E-state index < -0.39 is 6.10 Å². The van der Waals surface area contributed by atoms with E-state index in [0.29, 0.717) is 19.3 Å². The third-order valence-corrected chi connectivity index (χ3v) is 15.0. The Bertz CT molecular complexity index is 1380. The third kappa shape index (κ3) is 63.8. The van der Waals surface area contributed by atoms with E-state index in [1.54, 1.807) is 0 Å². The maximum absolute atomic E-state index is 12.9. The fourth-order valence-corrected chi connectivity index (χ4v) is 9.96. The quantitative estimate of drug-likeness (QED) is 0.0261. The minimum atomic E-state index is -0.775. The first-order chi connectivity index (χ1) is 38.0. The van der Waals surface area contributed by atoms with Crippen LogP contribution in [0.2, 0.25) is 0 Å². The lowest BCUT2D eigenvalue weighted by Gasteiger charge is -2.18. The van der Waals surface area contributed by atoms with Crippen molar-refractivity contribution in [2.24, 2.45) is 0 Å². The molecular formula is C71H128O6. The summed E-state index contributed by atoms with van der Waals surface area (Å²) in [5.41, 5.74) is 0. The van der Waals surface area contributed by atoms with Gasteiger partial charge in [0.25, 0.3) is 0 Å². The Balaban J connectivity index is 4.22. The van der Waals surface area contributed by atoms with Crippen LogP contribution in [0.25, 0.3) is 0 Å². The molecule has 0 fully saturated rings. The molecule has 6 heteroatoms. The molecule has 0 saturated carbocycles. The predicted octanol–water partition coefficient (Wildman–Crippen LogP) is 23.1. The molecule has 0 rings (SSSR count). The zero-order valence-corrected chi connectivity index (χ0v) is 51.5. The van der Waals surface area contributed by atoms with Crippen LogP contribution in [0.3, 0.4) is 0 Å². The van der Waals surface area contributed by atoms with Gasteiger partial charge in [-0.2, -0.15) is 0 Å². The molecule has 0 bridgehead atoms. The molecule has 0 aromatic carbocycles. The molecule has 0 spiro atoms. The minimum absolute atomic E-state index is 0.0718. The van der Waals surface area contributed by atoms with Crippen LogP contribution in [-0.4, -0.2) is 37.2 Å². The number of allylic oxidation sites excluding steroid dienone is 10. The molecular weight excluding hydrogens is 949 g/mol. The van der Waals surface area contributed by atoms with E-state index in [9.17, 15) is 14.4 Å². The van der Waals surface area contributed by atoms with Crippen LogP contribution < -0.4 is 0 Å². The molecule has 0 aliphatic rings. The Morgan fingerprint density at radius 3 is 0.805 bits per heavy atom. The molecule has 6 nitrogen and oxygen atoms in total. The molecule has 0 aliphatic heterocycles. The van der Waals surface area contributed by atoms with E-state index in [2.05, 4.69) is 81.5 Å². The highest BCUT2D eigenvalue weighted by Crippen LogP contribution is 2.17. The molecule has 0 aromatic heterocycles. The van der Waals surface area contributed by atoms with Gasteiger partial charge in [0.15, 0.2) is 6.10 Å². The first-order valence-electron chi connectivity index (χ1n) is 33.8. The van der Waals surface area contributed by atoms with Crippen molar-refractivity contribution in [2.75, 3.05) is 13.2 Å². The van der Waals surface area contributed by atoms with Gasteiger partial charge < -0.3 is 14.2 Å². The van der Waals surface area contributed by atoms with Crippen LogP contribution in [0.1, 0.15) is 355 Å². The van der Waals surface area contributed by atoms with Crippen LogP contribution in [0.15, 0.2) is 60.8 Å².